The van der Waals surface area contributed by atoms with Crippen LogP contribution in [0.15, 0.2) is 84.9 Å². The largest absolute Gasteiger partial charge is 0.490 e. The van der Waals surface area contributed by atoms with E-state index in [1.54, 1.807) is 19.2 Å². The Bertz CT molecular complexity index is 1790. The van der Waals surface area contributed by atoms with Crippen molar-refractivity contribution in [3.8, 4) is 17.2 Å². The molecule has 0 unspecified atom stereocenters. The molecular weight excluding hydrogens is 739 g/mol. The first kappa shape index (κ1) is 41.9. The van der Waals surface area contributed by atoms with Crippen molar-refractivity contribution in [1.82, 2.24) is 10.2 Å². The molecule has 1 amide bonds. The van der Waals surface area contributed by atoms with E-state index in [-0.39, 0.29) is 17.8 Å². The van der Waals surface area contributed by atoms with Gasteiger partial charge in [-0.25, -0.2) is 4.79 Å². The van der Waals surface area contributed by atoms with Crippen LogP contribution in [0.5, 0.6) is 17.2 Å². The Morgan fingerprint density at radius 1 is 0.782 bits per heavy atom. The van der Waals surface area contributed by atoms with E-state index >= 15 is 0 Å². The molecule has 1 aliphatic carbocycles. The predicted octanol–water partition coefficient (Wildman–Crippen LogP) is 8.88. The highest BCUT2D eigenvalue weighted by atomic mass is 35.5. The van der Waals surface area contributed by atoms with E-state index in [1.807, 2.05) is 61.5 Å². The first-order valence-corrected chi connectivity index (χ1v) is 19.7. The molecule has 0 bridgehead atoms. The Balaban J connectivity index is 0.000000256. The Labute approximate surface area is 335 Å². The van der Waals surface area contributed by atoms with Crippen molar-refractivity contribution >= 4 is 35.1 Å². The van der Waals surface area contributed by atoms with E-state index in [4.69, 9.17) is 46.9 Å². The van der Waals surface area contributed by atoms with E-state index in [0.717, 1.165) is 79.8 Å². The van der Waals surface area contributed by atoms with E-state index in [2.05, 4.69) is 28.4 Å². The van der Waals surface area contributed by atoms with Crippen molar-refractivity contribution in [3.05, 3.63) is 123 Å². The SMILES string of the molecule is COCCCc1cc(CN(C(=O)[C@@H]2CCCNC2)C2CC2)cc(OCc2ccc(C(=O)OC)cc2)c1.Cc1cc(Cl)c(OCCOc2ccccc2)c(Cl)c1. The third-order valence-corrected chi connectivity index (χ3v) is 9.94. The molecule has 4 aromatic carbocycles. The minimum Gasteiger partial charge on any atom is -0.490 e. The number of esters is 1. The number of rotatable bonds is 17. The summed E-state index contributed by atoms with van der Waals surface area (Å²) >= 11 is 12.2. The Hall–Kier alpha value is -4.28. The molecule has 4 aromatic rings. The number of amides is 1. The molecule has 294 valence electrons. The Morgan fingerprint density at radius 2 is 1.49 bits per heavy atom. The smallest absolute Gasteiger partial charge is 0.337 e. The number of aryl methyl sites for hydroxylation is 2. The molecule has 1 saturated heterocycles. The monoisotopic (exact) mass is 790 g/mol. The summed E-state index contributed by atoms with van der Waals surface area (Å²) in [7, 11) is 3.09. The highest BCUT2D eigenvalue weighted by Crippen LogP contribution is 2.34. The van der Waals surface area contributed by atoms with Crippen LogP contribution in [0.2, 0.25) is 10.0 Å². The standard InChI is InChI=1S/C29H38N2O5.C15H14Cl2O2/c1-34-14-4-5-22-15-23(19-31(26-11-12-26)28(32)25-6-3-13-30-18-25)17-27(16-22)36-20-21-7-9-24(10-8-21)29(33)35-2;1-11-9-13(16)15(14(17)10-11)19-8-7-18-12-5-3-2-4-6-12/h7-10,15-17,25-26,30H,3-6,11-14,18-20H2,1-2H3;2-6,9-10H,7-8H2,1H3/t25-;/m1./s1. The second kappa shape index (κ2) is 21.7. The zero-order chi connectivity index (χ0) is 39.0. The van der Waals surface area contributed by atoms with Crippen molar-refractivity contribution < 1.29 is 33.3 Å². The van der Waals surface area contributed by atoms with Gasteiger partial charge in [0.05, 0.1) is 28.6 Å². The van der Waals surface area contributed by atoms with Gasteiger partial charge in [-0.15, -0.1) is 0 Å². The van der Waals surface area contributed by atoms with Gasteiger partial charge in [-0.3, -0.25) is 4.79 Å². The minimum atomic E-state index is -0.352. The summed E-state index contributed by atoms with van der Waals surface area (Å²) < 4.78 is 27.3. The fraction of sp³-hybridized carbons (Fsp3) is 0.409. The fourth-order valence-corrected chi connectivity index (χ4v) is 7.11. The molecule has 2 aliphatic rings. The topological polar surface area (TPSA) is 95.6 Å². The van der Waals surface area contributed by atoms with Crippen LogP contribution in [0.25, 0.3) is 0 Å². The quantitative estimate of drug-likeness (QED) is 0.0838. The maximum atomic E-state index is 13.4. The number of nitrogens with zero attached hydrogens (tertiary/aromatic N) is 1. The Kier molecular flexibility index (Phi) is 16.5. The van der Waals surface area contributed by atoms with Crippen molar-refractivity contribution in [2.24, 2.45) is 5.92 Å². The summed E-state index contributed by atoms with van der Waals surface area (Å²) in [6.07, 6.45) is 6.01. The van der Waals surface area contributed by atoms with Gasteiger partial charge in [-0.2, -0.15) is 0 Å². The number of benzene rings is 4. The lowest BCUT2D eigenvalue weighted by atomic mass is 9.97. The van der Waals surface area contributed by atoms with Crippen LogP contribution in [0, 0.1) is 12.8 Å². The number of hydrogen-bond acceptors (Lipinski definition) is 8. The number of hydrogen-bond donors (Lipinski definition) is 1. The summed E-state index contributed by atoms with van der Waals surface area (Å²) in [6, 6.07) is 27.2. The molecule has 55 heavy (non-hydrogen) atoms. The molecule has 1 heterocycles. The lowest BCUT2D eigenvalue weighted by Gasteiger charge is -2.30. The van der Waals surface area contributed by atoms with Crippen LogP contribution >= 0.6 is 23.2 Å². The van der Waals surface area contributed by atoms with Crippen molar-refractivity contribution in [1.29, 1.82) is 0 Å². The average Bonchev–Trinajstić information content (AvgIpc) is 4.05. The minimum absolute atomic E-state index is 0.0768. The second-order valence-corrected chi connectivity index (χ2v) is 14.7. The lowest BCUT2D eigenvalue weighted by Crippen LogP contribution is -2.43. The normalized spacial score (nSPS) is 15.0. The number of piperidine rings is 1. The third kappa shape index (κ3) is 13.5. The summed E-state index contributed by atoms with van der Waals surface area (Å²) in [5.41, 5.74) is 4.77. The first-order valence-electron chi connectivity index (χ1n) is 18.9. The summed E-state index contributed by atoms with van der Waals surface area (Å²) in [4.78, 5) is 27.2. The summed E-state index contributed by atoms with van der Waals surface area (Å²) in [5.74, 6) is 2.11. The van der Waals surface area contributed by atoms with Crippen molar-refractivity contribution in [2.75, 3.05) is 47.1 Å². The highest BCUT2D eigenvalue weighted by molar-refractivity contribution is 6.37. The fourth-order valence-electron chi connectivity index (χ4n) is 6.40. The van der Waals surface area contributed by atoms with E-state index in [9.17, 15) is 9.59 Å². The second-order valence-electron chi connectivity index (χ2n) is 13.9. The van der Waals surface area contributed by atoms with Crippen LogP contribution in [0.3, 0.4) is 0 Å². The number of methoxy groups -OCH3 is 2. The lowest BCUT2D eigenvalue weighted by molar-refractivity contribution is -0.137. The van der Waals surface area contributed by atoms with Gasteiger partial charge in [0.2, 0.25) is 5.91 Å². The van der Waals surface area contributed by atoms with Gasteiger partial charge in [0.15, 0.2) is 5.75 Å². The molecule has 1 atom stereocenters. The third-order valence-electron chi connectivity index (χ3n) is 9.37. The van der Waals surface area contributed by atoms with Crippen LogP contribution in [-0.2, 0) is 33.8 Å². The average molecular weight is 792 g/mol. The molecule has 0 radical (unpaired) electrons. The number of para-hydroxylation sites is 1. The van der Waals surface area contributed by atoms with Gasteiger partial charge in [0, 0.05) is 32.8 Å². The van der Waals surface area contributed by atoms with E-state index in [1.165, 1.54) is 12.7 Å². The molecule has 1 saturated carbocycles. The number of carbonyl (C=O) groups excluding carboxylic acids is 2. The van der Waals surface area contributed by atoms with E-state index in [0.29, 0.717) is 60.4 Å². The molecule has 11 heteroatoms. The Morgan fingerprint density at radius 3 is 2.15 bits per heavy atom. The van der Waals surface area contributed by atoms with Crippen molar-refractivity contribution in [3.63, 3.8) is 0 Å². The van der Waals surface area contributed by atoms with Gasteiger partial charge in [0.1, 0.15) is 31.3 Å². The van der Waals surface area contributed by atoms with Gasteiger partial charge in [0.25, 0.3) is 0 Å². The molecular formula is C44H52Cl2N2O7. The molecule has 1 N–H and O–H groups in total. The van der Waals surface area contributed by atoms with Crippen LogP contribution < -0.4 is 19.5 Å². The first-order chi connectivity index (χ1) is 26.7. The summed E-state index contributed by atoms with van der Waals surface area (Å²) in [6.45, 7) is 6.24. The zero-order valence-corrected chi connectivity index (χ0v) is 33.5. The number of ether oxygens (including phenoxy) is 5. The van der Waals surface area contributed by atoms with Crippen LogP contribution in [0.4, 0.5) is 0 Å². The highest BCUT2D eigenvalue weighted by Gasteiger charge is 2.36. The maximum Gasteiger partial charge on any atom is 0.337 e. The number of carbonyl (C=O) groups is 2. The van der Waals surface area contributed by atoms with Gasteiger partial charge < -0.3 is 33.9 Å². The molecule has 9 nitrogen and oxygen atoms in total. The number of halogens is 2. The van der Waals surface area contributed by atoms with Gasteiger partial charge in [-0.1, -0.05) is 59.6 Å². The maximum absolute atomic E-state index is 13.4. The summed E-state index contributed by atoms with van der Waals surface area (Å²) in [5, 5.41) is 4.42. The zero-order valence-electron chi connectivity index (χ0n) is 32.0. The van der Waals surface area contributed by atoms with E-state index < -0.39 is 0 Å². The molecule has 0 aromatic heterocycles. The van der Waals surface area contributed by atoms with Crippen LogP contribution in [0.1, 0.15) is 64.7 Å². The number of nitrogens with one attached hydrogen (secondary N) is 1. The van der Waals surface area contributed by atoms with Gasteiger partial charge >= 0.3 is 5.97 Å². The van der Waals surface area contributed by atoms with Crippen LogP contribution in [-0.4, -0.2) is 69.9 Å². The molecule has 0 spiro atoms. The molecule has 6 rings (SSSR count). The molecule has 1 aliphatic heterocycles. The molecule has 2 fully saturated rings. The predicted molar refractivity (Wildman–Crippen MR) is 217 cm³/mol. The van der Waals surface area contributed by atoms with Crippen molar-refractivity contribution in [2.45, 2.75) is 64.6 Å². The van der Waals surface area contributed by atoms with Gasteiger partial charge in [-0.05, 0) is 123 Å².